The number of hydrogen-bond acceptors (Lipinski definition) is 4. The molecule has 2 heterocycles. The lowest BCUT2D eigenvalue weighted by molar-refractivity contribution is 0.175. The van der Waals surface area contributed by atoms with Crippen molar-refractivity contribution in [2.75, 3.05) is 6.54 Å². The van der Waals surface area contributed by atoms with Crippen LogP contribution in [0.25, 0.3) is 0 Å². The lowest BCUT2D eigenvalue weighted by Gasteiger charge is -2.18. The van der Waals surface area contributed by atoms with Crippen molar-refractivity contribution in [3.8, 4) is 0 Å². The van der Waals surface area contributed by atoms with Crippen LogP contribution >= 0.6 is 11.3 Å². The SMILES string of the molecule is CCC[C@H](NC(=O)NC[C@H](O)c1cccs1)c1ccccn1. The van der Waals surface area contributed by atoms with E-state index in [1.807, 2.05) is 35.7 Å². The molecule has 2 atom stereocenters. The van der Waals surface area contributed by atoms with E-state index in [-0.39, 0.29) is 18.6 Å². The molecule has 0 saturated heterocycles. The highest BCUT2D eigenvalue weighted by atomic mass is 32.1. The number of nitrogens with zero attached hydrogens (tertiary/aromatic N) is 1. The van der Waals surface area contributed by atoms with Crippen molar-refractivity contribution in [1.29, 1.82) is 0 Å². The maximum Gasteiger partial charge on any atom is 0.315 e. The highest BCUT2D eigenvalue weighted by Crippen LogP contribution is 2.18. The minimum absolute atomic E-state index is 0.120. The van der Waals surface area contributed by atoms with Gasteiger partial charge >= 0.3 is 6.03 Å². The number of aliphatic hydroxyl groups excluding tert-OH is 1. The number of thiophene rings is 1. The fraction of sp³-hybridized carbons (Fsp3) is 0.375. The number of carbonyl (C=O) groups is 1. The molecule has 22 heavy (non-hydrogen) atoms. The van der Waals surface area contributed by atoms with Crippen LogP contribution in [0.4, 0.5) is 4.79 Å². The third-order valence-corrected chi connectivity index (χ3v) is 4.23. The first-order valence-corrected chi connectivity index (χ1v) is 8.25. The predicted molar refractivity (Wildman–Crippen MR) is 87.7 cm³/mol. The Bertz CT molecular complexity index is 560. The van der Waals surface area contributed by atoms with Gasteiger partial charge in [0.1, 0.15) is 6.10 Å². The van der Waals surface area contributed by atoms with Crippen molar-refractivity contribution >= 4 is 17.4 Å². The molecule has 2 amide bonds. The van der Waals surface area contributed by atoms with E-state index in [1.54, 1.807) is 6.20 Å². The smallest absolute Gasteiger partial charge is 0.315 e. The maximum absolute atomic E-state index is 12.0. The molecule has 2 aromatic heterocycles. The fourth-order valence-electron chi connectivity index (χ4n) is 2.14. The minimum Gasteiger partial charge on any atom is -0.386 e. The first-order chi connectivity index (χ1) is 10.7. The van der Waals surface area contributed by atoms with Gasteiger partial charge in [-0.2, -0.15) is 0 Å². The molecule has 0 spiro atoms. The van der Waals surface area contributed by atoms with Gasteiger partial charge in [0.05, 0.1) is 18.3 Å². The molecule has 6 heteroatoms. The summed E-state index contributed by atoms with van der Waals surface area (Å²) in [6.45, 7) is 2.25. The summed E-state index contributed by atoms with van der Waals surface area (Å²) >= 11 is 1.47. The van der Waals surface area contributed by atoms with Crippen molar-refractivity contribution in [2.45, 2.75) is 31.9 Å². The second kappa shape index (κ2) is 8.51. The van der Waals surface area contributed by atoms with Crippen molar-refractivity contribution in [3.05, 3.63) is 52.5 Å². The summed E-state index contributed by atoms with van der Waals surface area (Å²) in [5.41, 5.74) is 0.846. The third-order valence-electron chi connectivity index (χ3n) is 3.26. The molecular formula is C16H21N3O2S. The number of rotatable bonds is 7. The van der Waals surface area contributed by atoms with Crippen LogP contribution in [-0.2, 0) is 0 Å². The van der Waals surface area contributed by atoms with Crippen molar-refractivity contribution in [2.24, 2.45) is 0 Å². The van der Waals surface area contributed by atoms with E-state index in [0.29, 0.717) is 0 Å². The monoisotopic (exact) mass is 319 g/mol. The third kappa shape index (κ3) is 4.82. The first-order valence-electron chi connectivity index (χ1n) is 7.37. The Morgan fingerprint density at radius 2 is 2.23 bits per heavy atom. The second-order valence-corrected chi connectivity index (χ2v) is 5.96. The van der Waals surface area contributed by atoms with Gasteiger partial charge in [0.2, 0.25) is 0 Å². The van der Waals surface area contributed by atoms with Crippen LogP contribution in [0.1, 0.15) is 42.5 Å². The summed E-state index contributed by atoms with van der Waals surface area (Å²) in [6, 6.07) is 8.98. The first kappa shape index (κ1) is 16.5. The highest BCUT2D eigenvalue weighted by Gasteiger charge is 2.16. The summed E-state index contributed by atoms with van der Waals surface area (Å²) in [4.78, 5) is 17.2. The van der Waals surface area contributed by atoms with Gasteiger partial charge in [0, 0.05) is 11.1 Å². The van der Waals surface area contributed by atoms with Crippen LogP contribution in [0.15, 0.2) is 41.9 Å². The van der Waals surface area contributed by atoms with E-state index >= 15 is 0 Å². The molecule has 0 saturated carbocycles. The quantitative estimate of drug-likeness (QED) is 0.734. The van der Waals surface area contributed by atoms with Crippen LogP contribution in [0.3, 0.4) is 0 Å². The number of hydrogen-bond donors (Lipinski definition) is 3. The summed E-state index contributed by atoms with van der Waals surface area (Å²) in [5, 5.41) is 17.5. The fourth-order valence-corrected chi connectivity index (χ4v) is 2.86. The molecule has 2 aromatic rings. The van der Waals surface area contributed by atoms with Crippen molar-refractivity contribution < 1.29 is 9.90 Å². The Balaban J connectivity index is 1.86. The Morgan fingerprint density at radius 1 is 1.36 bits per heavy atom. The van der Waals surface area contributed by atoms with Gasteiger partial charge < -0.3 is 15.7 Å². The number of aliphatic hydroxyl groups is 1. The topological polar surface area (TPSA) is 74.2 Å². The molecule has 5 nitrogen and oxygen atoms in total. The normalized spacial score (nSPS) is 13.4. The zero-order chi connectivity index (χ0) is 15.8. The molecule has 2 rings (SSSR count). The molecule has 0 aliphatic carbocycles. The summed E-state index contributed by atoms with van der Waals surface area (Å²) < 4.78 is 0. The van der Waals surface area contributed by atoms with Crippen LogP contribution in [0, 0.1) is 0 Å². The van der Waals surface area contributed by atoms with E-state index in [2.05, 4.69) is 22.5 Å². The Kier molecular flexibility index (Phi) is 6.36. The van der Waals surface area contributed by atoms with Gasteiger partial charge in [0.25, 0.3) is 0 Å². The lowest BCUT2D eigenvalue weighted by atomic mass is 10.1. The number of aromatic nitrogens is 1. The van der Waals surface area contributed by atoms with E-state index in [0.717, 1.165) is 23.4 Å². The van der Waals surface area contributed by atoms with Crippen molar-refractivity contribution in [3.63, 3.8) is 0 Å². The van der Waals surface area contributed by atoms with Crippen LogP contribution in [-0.4, -0.2) is 22.7 Å². The maximum atomic E-state index is 12.0. The second-order valence-electron chi connectivity index (χ2n) is 4.98. The number of amides is 2. The molecule has 0 aromatic carbocycles. The van der Waals surface area contributed by atoms with Gasteiger partial charge in [-0.05, 0) is 30.0 Å². The molecule has 0 aliphatic rings. The highest BCUT2D eigenvalue weighted by molar-refractivity contribution is 7.10. The summed E-state index contributed by atoms with van der Waals surface area (Å²) in [6.07, 6.45) is 2.81. The molecule has 0 radical (unpaired) electrons. The summed E-state index contributed by atoms with van der Waals surface area (Å²) in [7, 11) is 0. The Hall–Kier alpha value is -1.92. The molecule has 0 bridgehead atoms. The average Bonchev–Trinajstić information content (AvgIpc) is 3.07. The van der Waals surface area contributed by atoms with E-state index in [1.165, 1.54) is 11.3 Å². The zero-order valence-corrected chi connectivity index (χ0v) is 13.3. The van der Waals surface area contributed by atoms with Crippen LogP contribution < -0.4 is 10.6 Å². The molecular weight excluding hydrogens is 298 g/mol. The summed E-state index contributed by atoms with van der Waals surface area (Å²) in [5.74, 6) is 0. The number of carbonyl (C=O) groups excluding carboxylic acids is 1. The Labute approximate surface area is 134 Å². The van der Waals surface area contributed by atoms with Gasteiger partial charge in [0.15, 0.2) is 0 Å². The van der Waals surface area contributed by atoms with E-state index in [4.69, 9.17) is 0 Å². The molecule has 118 valence electrons. The van der Waals surface area contributed by atoms with Gasteiger partial charge in [-0.1, -0.05) is 25.5 Å². The standard InChI is InChI=1S/C16H21N3O2S/c1-2-6-13(12-7-3-4-9-17-12)19-16(21)18-11-14(20)15-8-5-10-22-15/h3-5,7-10,13-14,20H,2,6,11H2,1H3,(H2,18,19,21)/t13-,14-/m0/s1. The largest absolute Gasteiger partial charge is 0.386 e. The number of nitrogens with one attached hydrogen (secondary N) is 2. The molecule has 0 aliphatic heterocycles. The zero-order valence-electron chi connectivity index (χ0n) is 12.5. The van der Waals surface area contributed by atoms with E-state index < -0.39 is 6.10 Å². The Morgan fingerprint density at radius 3 is 2.86 bits per heavy atom. The average molecular weight is 319 g/mol. The number of urea groups is 1. The van der Waals surface area contributed by atoms with Crippen LogP contribution in [0.5, 0.6) is 0 Å². The molecule has 0 unspecified atom stereocenters. The predicted octanol–water partition coefficient (Wildman–Crippen LogP) is 3.02. The van der Waals surface area contributed by atoms with Gasteiger partial charge in [-0.3, -0.25) is 4.98 Å². The van der Waals surface area contributed by atoms with Gasteiger partial charge in [-0.15, -0.1) is 11.3 Å². The van der Waals surface area contributed by atoms with Gasteiger partial charge in [-0.25, -0.2) is 4.79 Å². The van der Waals surface area contributed by atoms with Crippen LogP contribution in [0.2, 0.25) is 0 Å². The minimum atomic E-state index is -0.676. The number of pyridine rings is 1. The molecule has 0 fully saturated rings. The lowest BCUT2D eigenvalue weighted by Crippen LogP contribution is -2.40. The molecule has 3 N–H and O–H groups in total. The van der Waals surface area contributed by atoms with E-state index in [9.17, 15) is 9.90 Å². The van der Waals surface area contributed by atoms with Crippen molar-refractivity contribution in [1.82, 2.24) is 15.6 Å².